The number of fused-ring (bicyclic) bond motifs is 1. The van der Waals surface area contributed by atoms with Crippen LogP contribution < -0.4 is 11.1 Å². The summed E-state index contributed by atoms with van der Waals surface area (Å²) in [6, 6.07) is 7.74. The second kappa shape index (κ2) is 5.54. The van der Waals surface area contributed by atoms with E-state index in [4.69, 9.17) is 5.73 Å². The van der Waals surface area contributed by atoms with Crippen molar-refractivity contribution in [2.75, 3.05) is 5.73 Å². The number of hydrogen-bond donors (Lipinski definition) is 2. The summed E-state index contributed by atoms with van der Waals surface area (Å²) in [5.41, 5.74) is 9.73. The molecular weight excluding hydrogens is 232 g/mol. The van der Waals surface area contributed by atoms with Crippen LogP contribution in [-0.4, -0.2) is 6.04 Å². The van der Waals surface area contributed by atoms with E-state index in [9.17, 15) is 0 Å². The Labute approximate surface area is 116 Å². The van der Waals surface area contributed by atoms with Gasteiger partial charge in [0.05, 0.1) is 0 Å². The number of benzene rings is 1. The van der Waals surface area contributed by atoms with E-state index in [1.165, 1.54) is 56.1 Å². The fraction of sp³-hybridized carbons (Fsp3) is 0.647. The second-order valence-electron chi connectivity index (χ2n) is 6.34. The number of nitrogens with one attached hydrogen (secondary N) is 1. The maximum Gasteiger partial charge on any atom is 0.0328 e. The summed E-state index contributed by atoms with van der Waals surface area (Å²) in [5, 5.41) is 3.90. The normalized spacial score (nSPS) is 30.3. The Kier molecular flexibility index (Phi) is 3.79. The van der Waals surface area contributed by atoms with Crippen molar-refractivity contribution in [1.29, 1.82) is 0 Å². The molecule has 2 nitrogen and oxygen atoms in total. The molecule has 2 heteroatoms. The van der Waals surface area contributed by atoms with Gasteiger partial charge in [-0.05, 0) is 67.7 Å². The van der Waals surface area contributed by atoms with E-state index in [-0.39, 0.29) is 0 Å². The predicted octanol–water partition coefficient (Wildman–Crippen LogP) is 3.81. The standard InChI is InChI=1S/C17H26N2/c1-2-12-3-7-15(8-4-12)19-17-10-5-13-11-14(18)6-9-16(13)17/h6,9,11-12,15,17,19H,2-5,7-8,10,18H2,1H3. The predicted molar refractivity (Wildman–Crippen MR) is 81.1 cm³/mol. The van der Waals surface area contributed by atoms with Crippen molar-refractivity contribution in [2.45, 2.75) is 64.0 Å². The van der Waals surface area contributed by atoms with Crippen LogP contribution in [0.1, 0.15) is 62.6 Å². The zero-order valence-corrected chi connectivity index (χ0v) is 12.0. The van der Waals surface area contributed by atoms with Crippen LogP contribution in [0, 0.1) is 5.92 Å². The van der Waals surface area contributed by atoms with Crippen LogP contribution in [0.4, 0.5) is 5.69 Å². The van der Waals surface area contributed by atoms with E-state index in [1.807, 2.05) is 6.07 Å². The van der Waals surface area contributed by atoms with E-state index in [1.54, 1.807) is 0 Å². The van der Waals surface area contributed by atoms with Crippen LogP contribution in [0.5, 0.6) is 0 Å². The quantitative estimate of drug-likeness (QED) is 0.809. The molecule has 3 N–H and O–H groups in total. The summed E-state index contributed by atoms with van der Waals surface area (Å²) in [6.07, 6.45) is 9.33. The molecule has 1 fully saturated rings. The van der Waals surface area contributed by atoms with Crippen LogP contribution >= 0.6 is 0 Å². The van der Waals surface area contributed by atoms with E-state index in [0.717, 1.165) is 17.6 Å². The van der Waals surface area contributed by atoms with Gasteiger partial charge in [0.25, 0.3) is 0 Å². The Hall–Kier alpha value is -1.02. The van der Waals surface area contributed by atoms with Gasteiger partial charge in [-0.2, -0.15) is 0 Å². The average molecular weight is 258 g/mol. The van der Waals surface area contributed by atoms with Crippen molar-refractivity contribution in [3.8, 4) is 0 Å². The number of anilines is 1. The van der Waals surface area contributed by atoms with Gasteiger partial charge in [0.15, 0.2) is 0 Å². The van der Waals surface area contributed by atoms with Gasteiger partial charge in [-0.15, -0.1) is 0 Å². The monoisotopic (exact) mass is 258 g/mol. The van der Waals surface area contributed by atoms with Crippen molar-refractivity contribution in [3.05, 3.63) is 29.3 Å². The third-order valence-corrected chi connectivity index (χ3v) is 5.11. The molecule has 0 radical (unpaired) electrons. The lowest BCUT2D eigenvalue weighted by atomic mass is 9.84. The summed E-state index contributed by atoms with van der Waals surface area (Å²) in [5.74, 6) is 0.980. The zero-order chi connectivity index (χ0) is 13.2. The third-order valence-electron chi connectivity index (χ3n) is 5.11. The number of nitrogens with two attached hydrogens (primary N) is 1. The molecule has 0 aliphatic heterocycles. The molecule has 1 aromatic rings. The Balaban J connectivity index is 1.61. The molecule has 3 rings (SSSR count). The van der Waals surface area contributed by atoms with E-state index < -0.39 is 0 Å². The molecule has 0 spiro atoms. The van der Waals surface area contributed by atoms with Crippen molar-refractivity contribution < 1.29 is 0 Å². The first-order chi connectivity index (χ1) is 9.26. The highest BCUT2D eigenvalue weighted by Crippen LogP contribution is 2.35. The minimum absolute atomic E-state index is 0.568. The molecule has 0 bridgehead atoms. The average Bonchev–Trinajstić information content (AvgIpc) is 2.82. The van der Waals surface area contributed by atoms with Crippen molar-refractivity contribution in [3.63, 3.8) is 0 Å². The first-order valence-electron chi connectivity index (χ1n) is 7.90. The second-order valence-corrected chi connectivity index (χ2v) is 6.34. The molecule has 1 atom stereocenters. The van der Waals surface area contributed by atoms with Gasteiger partial charge in [-0.3, -0.25) is 0 Å². The fourth-order valence-corrected chi connectivity index (χ4v) is 3.83. The number of nitrogen functional groups attached to an aromatic ring is 1. The maximum atomic E-state index is 5.87. The van der Waals surface area contributed by atoms with E-state index in [2.05, 4.69) is 24.4 Å². The third kappa shape index (κ3) is 2.79. The SMILES string of the molecule is CCC1CCC(NC2CCc3cc(N)ccc32)CC1. The summed E-state index contributed by atoms with van der Waals surface area (Å²) >= 11 is 0. The zero-order valence-electron chi connectivity index (χ0n) is 12.0. The number of aryl methyl sites for hydroxylation is 1. The lowest BCUT2D eigenvalue weighted by molar-refractivity contribution is 0.269. The van der Waals surface area contributed by atoms with Gasteiger partial charge in [-0.1, -0.05) is 19.4 Å². The number of hydrogen-bond acceptors (Lipinski definition) is 2. The van der Waals surface area contributed by atoms with Crippen LogP contribution in [0.2, 0.25) is 0 Å². The highest BCUT2D eigenvalue weighted by atomic mass is 15.0. The summed E-state index contributed by atoms with van der Waals surface area (Å²) in [4.78, 5) is 0. The molecule has 0 saturated heterocycles. The van der Waals surface area contributed by atoms with Crippen LogP contribution in [0.3, 0.4) is 0 Å². The van der Waals surface area contributed by atoms with Crippen molar-refractivity contribution >= 4 is 5.69 Å². The van der Waals surface area contributed by atoms with Gasteiger partial charge in [-0.25, -0.2) is 0 Å². The van der Waals surface area contributed by atoms with Gasteiger partial charge in [0.1, 0.15) is 0 Å². The molecule has 1 saturated carbocycles. The fourth-order valence-electron chi connectivity index (χ4n) is 3.83. The molecule has 2 aliphatic carbocycles. The Morgan fingerprint density at radius 2 is 1.95 bits per heavy atom. The van der Waals surface area contributed by atoms with Crippen LogP contribution in [0.25, 0.3) is 0 Å². The molecule has 2 aliphatic rings. The summed E-state index contributed by atoms with van der Waals surface area (Å²) in [6.45, 7) is 2.33. The van der Waals surface area contributed by atoms with E-state index in [0.29, 0.717) is 6.04 Å². The van der Waals surface area contributed by atoms with Crippen molar-refractivity contribution in [2.24, 2.45) is 5.92 Å². The highest BCUT2D eigenvalue weighted by Gasteiger charge is 2.27. The molecule has 1 unspecified atom stereocenters. The lowest BCUT2D eigenvalue weighted by Gasteiger charge is -2.31. The Morgan fingerprint density at radius 1 is 1.16 bits per heavy atom. The maximum absolute atomic E-state index is 5.87. The molecular formula is C17H26N2. The number of rotatable bonds is 3. The summed E-state index contributed by atoms with van der Waals surface area (Å²) in [7, 11) is 0. The summed E-state index contributed by atoms with van der Waals surface area (Å²) < 4.78 is 0. The lowest BCUT2D eigenvalue weighted by Crippen LogP contribution is -2.35. The molecule has 1 aromatic carbocycles. The first kappa shape index (κ1) is 13.0. The molecule has 0 amide bonds. The minimum atomic E-state index is 0.568. The molecule has 104 valence electrons. The van der Waals surface area contributed by atoms with Gasteiger partial charge in [0.2, 0.25) is 0 Å². The van der Waals surface area contributed by atoms with Crippen LogP contribution in [0.15, 0.2) is 18.2 Å². The topological polar surface area (TPSA) is 38.0 Å². The smallest absolute Gasteiger partial charge is 0.0328 e. The van der Waals surface area contributed by atoms with Crippen LogP contribution in [-0.2, 0) is 6.42 Å². The van der Waals surface area contributed by atoms with Crippen molar-refractivity contribution in [1.82, 2.24) is 5.32 Å². The van der Waals surface area contributed by atoms with Gasteiger partial charge in [0, 0.05) is 17.8 Å². The molecule has 0 aromatic heterocycles. The first-order valence-corrected chi connectivity index (χ1v) is 7.90. The minimum Gasteiger partial charge on any atom is -0.399 e. The van der Waals surface area contributed by atoms with Gasteiger partial charge >= 0.3 is 0 Å². The molecule has 19 heavy (non-hydrogen) atoms. The largest absolute Gasteiger partial charge is 0.399 e. The Morgan fingerprint density at radius 3 is 2.68 bits per heavy atom. The van der Waals surface area contributed by atoms with E-state index >= 15 is 0 Å². The Bertz CT molecular complexity index is 433. The van der Waals surface area contributed by atoms with Gasteiger partial charge < -0.3 is 11.1 Å². The highest BCUT2D eigenvalue weighted by molar-refractivity contribution is 5.47. The molecule has 0 heterocycles.